The van der Waals surface area contributed by atoms with Gasteiger partial charge in [-0.25, -0.2) is 0 Å². The zero-order valence-electron chi connectivity index (χ0n) is 12.8. The number of rotatable bonds is 2. The van der Waals surface area contributed by atoms with Crippen LogP contribution in [0.4, 0.5) is 0 Å². The van der Waals surface area contributed by atoms with Gasteiger partial charge in [-0.1, -0.05) is 12.1 Å². The topological polar surface area (TPSA) is 70.8 Å². The first-order valence-electron chi connectivity index (χ1n) is 7.14. The Morgan fingerprint density at radius 1 is 1.24 bits per heavy atom. The molecule has 0 aromatic heterocycles. The number of hydrogen-bond donors (Lipinski definition) is 1. The van der Waals surface area contributed by atoms with Crippen molar-refractivity contribution in [2.75, 3.05) is 0 Å². The van der Waals surface area contributed by atoms with E-state index in [1.165, 1.54) is 0 Å². The summed E-state index contributed by atoms with van der Waals surface area (Å²) in [7, 11) is -0.434. The van der Waals surface area contributed by atoms with Crippen LogP contribution in [-0.2, 0) is 20.5 Å². The van der Waals surface area contributed by atoms with E-state index >= 15 is 0 Å². The molecule has 0 aliphatic carbocycles. The van der Waals surface area contributed by atoms with Gasteiger partial charge in [0.1, 0.15) is 5.75 Å². The highest BCUT2D eigenvalue weighted by Gasteiger charge is 2.51. The third-order valence-corrected chi connectivity index (χ3v) is 4.61. The van der Waals surface area contributed by atoms with E-state index in [0.717, 1.165) is 11.0 Å². The lowest BCUT2D eigenvalue weighted by molar-refractivity contribution is -0.123. The molecule has 1 saturated heterocycles. The molecular formula is C15H20BNO4. The molecule has 0 bridgehead atoms. The number of amides is 1. The van der Waals surface area contributed by atoms with Crippen molar-refractivity contribution in [3.63, 3.8) is 0 Å². The molecule has 2 N–H and O–H groups in total. The highest BCUT2D eigenvalue weighted by molar-refractivity contribution is 6.62. The van der Waals surface area contributed by atoms with Gasteiger partial charge < -0.3 is 19.8 Å². The summed E-state index contributed by atoms with van der Waals surface area (Å²) in [6, 6.07) is 5.77. The molecule has 21 heavy (non-hydrogen) atoms. The molecule has 0 spiro atoms. The van der Waals surface area contributed by atoms with Crippen molar-refractivity contribution in [1.29, 1.82) is 0 Å². The van der Waals surface area contributed by atoms with Crippen LogP contribution >= 0.6 is 0 Å². The molecule has 5 nitrogen and oxygen atoms in total. The highest BCUT2D eigenvalue weighted by Crippen LogP contribution is 2.37. The average Bonchev–Trinajstić information content (AvgIpc) is 2.88. The fourth-order valence-electron chi connectivity index (χ4n) is 2.53. The number of carbonyl (C=O) groups excluding carboxylic acids is 1. The molecule has 0 radical (unpaired) electrons. The molecule has 2 heterocycles. The fourth-order valence-corrected chi connectivity index (χ4v) is 2.53. The first-order chi connectivity index (χ1) is 9.69. The number of ether oxygens (including phenoxy) is 1. The van der Waals surface area contributed by atoms with Crippen molar-refractivity contribution in [3.8, 4) is 5.75 Å². The van der Waals surface area contributed by atoms with Gasteiger partial charge in [-0.3, -0.25) is 4.79 Å². The van der Waals surface area contributed by atoms with Crippen LogP contribution in [0, 0.1) is 0 Å². The lowest BCUT2D eigenvalue weighted by atomic mass is 9.78. The number of hydrogen-bond acceptors (Lipinski definition) is 4. The highest BCUT2D eigenvalue weighted by atomic mass is 16.7. The molecule has 1 amide bonds. The van der Waals surface area contributed by atoms with E-state index in [9.17, 15) is 4.79 Å². The predicted molar refractivity (Wildman–Crippen MR) is 79.5 cm³/mol. The Labute approximate surface area is 124 Å². The zero-order valence-corrected chi connectivity index (χ0v) is 12.8. The van der Waals surface area contributed by atoms with Crippen LogP contribution in [0.2, 0.25) is 0 Å². The number of fused-ring (bicyclic) bond motifs is 1. The van der Waals surface area contributed by atoms with Gasteiger partial charge in [-0.2, -0.15) is 0 Å². The fraction of sp³-hybridized carbons (Fsp3) is 0.533. The van der Waals surface area contributed by atoms with Crippen LogP contribution < -0.4 is 15.9 Å². The lowest BCUT2D eigenvalue weighted by Crippen LogP contribution is -2.41. The predicted octanol–water partition coefficient (Wildman–Crippen LogP) is 0.775. The maximum absolute atomic E-state index is 11.2. The SMILES string of the molecule is CC1(C)OB(c2ccc3c(c2)OC(C(N)=O)C3)OC1(C)C. The van der Waals surface area contributed by atoms with Gasteiger partial charge in [0, 0.05) is 6.42 Å². The number of primary amides is 1. The minimum atomic E-state index is -0.575. The minimum absolute atomic E-state index is 0.382. The number of benzene rings is 1. The van der Waals surface area contributed by atoms with Gasteiger partial charge in [0.25, 0.3) is 5.91 Å². The largest absolute Gasteiger partial charge is 0.494 e. The van der Waals surface area contributed by atoms with Gasteiger partial charge in [-0.15, -0.1) is 0 Å². The van der Waals surface area contributed by atoms with E-state index in [1.54, 1.807) is 0 Å². The van der Waals surface area contributed by atoms with Gasteiger partial charge in [0.15, 0.2) is 6.10 Å². The first kappa shape index (κ1) is 14.4. The molecule has 2 aliphatic heterocycles. The third-order valence-electron chi connectivity index (χ3n) is 4.61. The van der Waals surface area contributed by atoms with Crippen LogP contribution in [-0.4, -0.2) is 30.3 Å². The van der Waals surface area contributed by atoms with Gasteiger partial charge in [0.2, 0.25) is 0 Å². The Balaban J connectivity index is 1.84. The van der Waals surface area contributed by atoms with E-state index < -0.39 is 19.1 Å². The van der Waals surface area contributed by atoms with Crippen molar-refractivity contribution in [3.05, 3.63) is 23.8 Å². The lowest BCUT2D eigenvalue weighted by Gasteiger charge is -2.32. The molecule has 6 heteroatoms. The quantitative estimate of drug-likeness (QED) is 0.817. The summed E-state index contributed by atoms with van der Waals surface area (Å²) in [6.07, 6.45) is -0.0533. The smallest absolute Gasteiger partial charge is 0.480 e. The third kappa shape index (κ3) is 2.32. The van der Waals surface area contributed by atoms with E-state index in [1.807, 2.05) is 45.9 Å². The summed E-state index contributed by atoms with van der Waals surface area (Å²) >= 11 is 0. The van der Waals surface area contributed by atoms with Crippen molar-refractivity contribution in [2.24, 2.45) is 5.73 Å². The maximum Gasteiger partial charge on any atom is 0.494 e. The second-order valence-electron chi connectivity index (χ2n) is 6.67. The van der Waals surface area contributed by atoms with Crippen LogP contribution in [0.15, 0.2) is 18.2 Å². The van der Waals surface area contributed by atoms with E-state index in [0.29, 0.717) is 12.2 Å². The van der Waals surface area contributed by atoms with Gasteiger partial charge in [0.05, 0.1) is 11.2 Å². The molecular weight excluding hydrogens is 269 g/mol. The summed E-state index contributed by atoms with van der Waals surface area (Å²) in [6.45, 7) is 8.06. The van der Waals surface area contributed by atoms with E-state index in [4.69, 9.17) is 19.8 Å². The van der Waals surface area contributed by atoms with Gasteiger partial charge >= 0.3 is 7.12 Å². The Hall–Kier alpha value is -1.53. The number of nitrogens with two attached hydrogens (primary N) is 1. The number of carbonyl (C=O) groups is 1. The maximum atomic E-state index is 11.2. The van der Waals surface area contributed by atoms with Crippen molar-refractivity contribution in [1.82, 2.24) is 0 Å². The summed E-state index contributed by atoms with van der Waals surface area (Å²) in [5, 5.41) is 0. The average molecular weight is 289 g/mol. The van der Waals surface area contributed by atoms with Crippen LogP contribution in [0.5, 0.6) is 5.75 Å². The summed E-state index contributed by atoms with van der Waals surface area (Å²) in [5.41, 5.74) is 6.40. The summed E-state index contributed by atoms with van der Waals surface area (Å²) < 4.78 is 17.6. The summed E-state index contributed by atoms with van der Waals surface area (Å²) in [5.74, 6) is 0.245. The zero-order chi connectivity index (χ0) is 15.4. The second kappa shape index (κ2) is 4.48. The molecule has 2 aliphatic rings. The van der Waals surface area contributed by atoms with Crippen LogP contribution in [0.1, 0.15) is 33.3 Å². The van der Waals surface area contributed by atoms with Gasteiger partial charge in [-0.05, 0) is 44.8 Å². The van der Waals surface area contributed by atoms with E-state index in [-0.39, 0.29) is 11.2 Å². The second-order valence-corrected chi connectivity index (χ2v) is 6.67. The molecule has 1 aromatic rings. The van der Waals surface area contributed by atoms with E-state index in [2.05, 4.69) is 0 Å². The Morgan fingerprint density at radius 3 is 2.43 bits per heavy atom. The summed E-state index contributed by atoms with van der Waals surface area (Å²) in [4.78, 5) is 11.2. The molecule has 3 rings (SSSR count). The molecule has 1 aromatic carbocycles. The Bertz CT molecular complexity index is 583. The Morgan fingerprint density at radius 2 is 1.86 bits per heavy atom. The molecule has 1 fully saturated rings. The molecule has 112 valence electrons. The molecule has 0 saturated carbocycles. The Kier molecular flexibility index (Phi) is 3.08. The van der Waals surface area contributed by atoms with Crippen LogP contribution in [0.3, 0.4) is 0 Å². The molecule has 1 unspecified atom stereocenters. The normalized spacial score (nSPS) is 25.5. The molecule has 1 atom stereocenters. The van der Waals surface area contributed by atoms with Crippen molar-refractivity contribution >= 4 is 18.5 Å². The minimum Gasteiger partial charge on any atom is -0.480 e. The van der Waals surface area contributed by atoms with Crippen molar-refractivity contribution < 1.29 is 18.8 Å². The van der Waals surface area contributed by atoms with Crippen LogP contribution in [0.25, 0.3) is 0 Å². The first-order valence-corrected chi connectivity index (χ1v) is 7.14. The monoisotopic (exact) mass is 289 g/mol. The standard InChI is InChI=1S/C15H20BNO4/c1-14(2)15(3,4)21-16(20-14)10-6-5-9-7-12(13(17)18)19-11(9)8-10/h5-6,8,12H,7H2,1-4H3,(H2,17,18). The van der Waals surface area contributed by atoms with Crippen molar-refractivity contribution in [2.45, 2.75) is 51.4 Å².